The molecule has 198 valence electrons. The van der Waals surface area contributed by atoms with Crippen LogP contribution in [0, 0.1) is 0 Å². The van der Waals surface area contributed by atoms with Gasteiger partial charge in [0, 0.05) is 5.56 Å². The van der Waals surface area contributed by atoms with Gasteiger partial charge in [-0.3, -0.25) is 4.79 Å². The molecule has 0 aliphatic carbocycles. The van der Waals surface area contributed by atoms with Gasteiger partial charge in [0.05, 0.1) is 23.2 Å². The fraction of sp³-hybridized carbons (Fsp3) is 0.438. The Hall–Kier alpha value is -2.92. The molecule has 0 amide bonds. The third kappa shape index (κ3) is 9.15. The van der Waals surface area contributed by atoms with Gasteiger partial charge in [-0.1, -0.05) is 76.6 Å². The third-order valence-electron chi connectivity index (χ3n) is 6.43. The van der Waals surface area contributed by atoms with Crippen molar-refractivity contribution >= 4 is 23.1 Å². The molecule has 37 heavy (non-hydrogen) atoms. The van der Waals surface area contributed by atoms with Crippen LogP contribution in [0.2, 0.25) is 0 Å². The predicted molar refractivity (Wildman–Crippen MR) is 153 cm³/mol. The molecule has 3 rings (SSSR count). The summed E-state index contributed by atoms with van der Waals surface area (Å²) in [6.45, 7) is 7.06. The van der Waals surface area contributed by atoms with Crippen molar-refractivity contribution in [2.75, 3.05) is 6.61 Å². The summed E-state index contributed by atoms with van der Waals surface area (Å²) in [4.78, 5) is 26.2. The minimum absolute atomic E-state index is 0.0486. The van der Waals surface area contributed by atoms with Gasteiger partial charge in [-0.15, -0.1) is 11.3 Å². The molecule has 2 aromatic carbocycles. The zero-order valence-corrected chi connectivity index (χ0v) is 23.3. The van der Waals surface area contributed by atoms with Crippen molar-refractivity contribution in [3.8, 4) is 16.9 Å². The van der Waals surface area contributed by atoms with Crippen molar-refractivity contribution in [2.24, 2.45) is 0 Å². The normalized spacial score (nSPS) is 11.8. The number of thiophene rings is 1. The maximum Gasteiger partial charge on any atom is 0.338 e. The number of ketones is 1. The number of hydrogen-bond donors (Lipinski definition) is 0. The van der Waals surface area contributed by atoms with Gasteiger partial charge >= 0.3 is 5.97 Å². The average Bonchev–Trinajstić information content (AvgIpc) is 3.41. The molecule has 0 aliphatic rings. The highest BCUT2D eigenvalue weighted by Crippen LogP contribution is 2.29. The molecular weight excluding hydrogens is 480 g/mol. The Balaban J connectivity index is 1.53. The number of hydrogen-bond acceptors (Lipinski definition) is 5. The minimum Gasteiger partial charge on any atom is -0.494 e. The summed E-state index contributed by atoms with van der Waals surface area (Å²) < 4.78 is 11.4. The van der Waals surface area contributed by atoms with Gasteiger partial charge < -0.3 is 9.47 Å². The van der Waals surface area contributed by atoms with Crippen molar-refractivity contribution in [3.63, 3.8) is 0 Å². The first-order valence-electron chi connectivity index (χ1n) is 13.7. The van der Waals surface area contributed by atoms with Crippen LogP contribution in [0.15, 0.2) is 60.0 Å². The van der Waals surface area contributed by atoms with Gasteiger partial charge in [-0.2, -0.15) is 0 Å². The van der Waals surface area contributed by atoms with Crippen LogP contribution in [0.3, 0.4) is 0 Å². The standard InChI is InChI=1S/C32H40O4S/c1-4-6-8-10-12-24(3)36-32(34)27-15-13-26(14-16-27)31(33)30-22-28(23-37-30)25-17-19-29(20-18-25)35-21-11-9-7-5-2/h13-20,22-24H,4-12,21H2,1-3H3/t24-/m0/s1. The maximum absolute atomic E-state index is 13.0. The number of esters is 1. The highest BCUT2D eigenvalue weighted by atomic mass is 32.1. The Bertz CT molecular complexity index is 1100. The highest BCUT2D eigenvalue weighted by molar-refractivity contribution is 7.12. The Kier molecular flexibility index (Phi) is 11.9. The second-order valence-corrected chi connectivity index (χ2v) is 10.5. The quantitative estimate of drug-likeness (QED) is 0.107. The maximum atomic E-state index is 13.0. The van der Waals surface area contributed by atoms with Crippen molar-refractivity contribution < 1.29 is 19.1 Å². The van der Waals surface area contributed by atoms with Crippen LogP contribution in [0.1, 0.15) is 104 Å². The van der Waals surface area contributed by atoms with Gasteiger partial charge in [0.15, 0.2) is 0 Å². The van der Waals surface area contributed by atoms with Crippen molar-refractivity contribution in [1.29, 1.82) is 0 Å². The lowest BCUT2D eigenvalue weighted by Gasteiger charge is -2.13. The van der Waals surface area contributed by atoms with Gasteiger partial charge in [-0.25, -0.2) is 4.79 Å². The monoisotopic (exact) mass is 520 g/mol. The molecular formula is C32H40O4S. The van der Waals surface area contributed by atoms with Crippen molar-refractivity contribution in [2.45, 2.75) is 84.7 Å². The van der Waals surface area contributed by atoms with Crippen LogP contribution < -0.4 is 4.74 Å². The van der Waals surface area contributed by atoms with Crippen LogP contribution >= 0.6 is 11.3 Å². The fourth-order valence-electron chi connectivity index (χ4n) is 4.14. The Morgan fingerprint density at radius 1 is 0.784 bits per heavy atom. The lowest BCUT2D eigenvalue weighted by atomic mass is 10.0. The second kappa shape index (κ2) is 15.4. The summed E-state index contributed by atoms with van der Waals surface area (Å²) in [6, 6.07) is 16.7. The van der Waals surface area contributed by atoms with E-state index in [1.165, 1.54) is 49.9 Å². The SMILES string of the molecule is CCCCCCOc1ccc(-c2csc(C(=O)c3ccc(C(=O)O[C@@H](C)CCCCCC)cc3)c2)cc1. The summed E-state index contributed by atoms with van der Waals surface area (Å²) >= 11 is 1.43. The second-order valence-electron chi connectivity index (χ2n) is 9.60. The number of ether oxygens (including phenoxy) is 2. The van der Waals surface area contributed by atoms with Crippen LogP contribution in [0.25, 0.3) is 11.1 Å². The van der Waals surface area contributed by atoms with Gasteiger partial charge in [-0.05, 0) is 73.0 Å². The zero-order chi connectivity index (χ0) is 26.5. The number of carbonyl (C=O) groups is 2. The van der Waals surface area contributed by atoms with Gasteiger partial charge in [0.25, 0.3) is 0 Å². The van der Waals surface area contributed by atoms with E-state index in [4.69, 9.17) is 9.47 Å². The first-order valence-corrected chi connectivity index (χ1v) is 14.6. The summed E-state index contributed by atoms with van der Waals surface area (Å²) in [5.74, 6) is 0.484. The largest absolute Gasteiger partial charge is 0.494 e. The van der Waals surface area contributed by atoms with E-state index >= 15 is 0 Å². The van der Waals surface area contributed by atoms with Crippen molar-refractivity contribution in [1.82, 2.24) is 0 Å². The van der Waals surface area contributed by atoms with E-state index in [2.05, 4.69) is 13.8 Å². The molecule has 4 nitrogen and oxygen atoms in total. The van der Waals surface area contributed by atoms with E-state index in [0.29, 0.717) is 16.0 Å². The summed E-state index contributed by atoms with van der Waals surface area (Å²) in [5, 5.41) is 2.00. The topological polar surface area (TPSA) is 52.6 Å². The molecule has 3 aromatic rings. The van der Waals surface area contributed by atoms with E-state index in [1.54, 1.807) is 24.3 Å². The van der Waals surface area contributed by atoms with Crippen LogP contribution in [-0.4, -0.2) is 24.5 Å². The zero-order valence-electron chi connectivity index (χ0n) is 22.5. The Morgan fingerprint density at radius 3 is 2.11 bits per heavy atom. The predicted octanol–water partition coefficient (Wildman–Crippen LogP) is 9.12. The molecule has 5 heteroatoms. The van der Waals surface area contributed by atoms with Crippen molar-refractivity contribution in [3.05, 3.63) is 76.0 Å². The first kappa shape index (κ1) is 28.6. The fourth-order valence-corrected chi connectivity index (χ4v) is 5.02. The summed E-state index contributed by atoms with van der Waals surface area (Å²) in [6.07, 6.45) is 10.1. The molecule has 1 heterocycles. The first-order chi connectivity index (χ1) is 18.0. The van der Waals surface area contributed by atoms with E-state index in [1.807, 2.05) is 42.6 Å². The van der Waals surface area contributed by atoms with E-state index in [-0.39, 0.29) is 17.9 Å². The molecule has 0 fully saturated rings. The summed E-state index contributed by atoms with van der Waals surface area (Å²) in [5.41, 5.74) is 3.09. The molecule has 1 atom stereocenters. The highest BCUT2D eigenvalue weighted by Gasteiger charge is 2.16. The van der Waals surface area contributed by atoms with E-state index < -0.39 is 0 Å². The van der Waals surface area contributed by atoms with Gasteiger partial charge in [0.1, 0.15) is 5.75 Å². The lowest BCUT2D eigenvalue weighted by molar-refractivity contribution is 0.0319. The smallest absolute Gasteiger partial charge is 0.338 e. The third-order valence-corrected chi connectivity index (χ3v) is 7.36. The molecule has 0 unspecified atom stereocenters. The number of unbranched alkanes of at least 4 members (excludes halogenated alkanes) is 6. The molecule has 0 radical (unpaired) electrons. The van der Waals surface area contributed by atoms with Crippen LogP contribution in [-0.2, 0) is 4.74 Å². The number of benzene rings is 2. The summed E-state index contributed by atoms with van der Waals surface area (Å²) in [7, 11) is 0. The molecule has 0 N–H and O–H groups in total. The molecule has 0 saturated heterocycles. The van der Waals surface area contributed by atoms with E-state index in [9.17, 15) is 9.59 Å². The molecule has 0 spiro atoms. The van der Waals surface area contributed by atoms with E-state index in [0.717, 1.165) is 42.7 Å². The van der Waals surface area contributed by atoms with Crippen LogP contribution in [0.4, 0.5) is 0 Å². The van der Waals surface area contributed by atoms with Crippen LogP contribution in [0.5, 0.6) is 5.75 Å². The average molecular weight is 521 g/mol. The molecule has 1 aromatic heterocycles. The minimum atomic E-state index is -0.339. The number of carbonyl (C=O) groups excluding carboxylic acids is 2. The molecule has 0 aliphatic heterocycles. The Morgan fingerprint density at radius 2 is 1.43 bits per heavy atom. The Labute approximate surface area is 226 Å². The molecule has 0 saturated carbocycles. The van der Waals surface area contributed by atoms with Gasteiger partial charge in [0.2, 0.25) is 5.78 Å². The number of rotatable bonds is 16. The molecule has 0 bridgehead atoms. The lowest BCUT2D eigenvalue weighted by Crippen LogP contribution is -2.15.